The summed E-state index contributed by atoms with van der Waals surface area (Å²) < 4.78 is 30.3. The van der Waals surface area contributed by atoms with Crippen molar-refractivity contribution in [1.82, 2.24) is 35.2 Å². The number of carbonyl (C=O) groups excluding carboxylic acids is 7. The zero-order chi connectivity index (χ0) is 44.5. The monoisotopic (exact) mass is 860 g/mol. The molecule has 1 saturated carbocycles. The third-order valence-electron chi connectivity index (χ3n) is 12.6. The van der Waals surface area contributed by atoms with Gasteiger partial charge in [-0.1, -0.05) is 13.0 Å². The molecule has 3 aromatic rings. The number of ketones is 1. The molecule has 4 heterocycles. The van der Waals surface area contributed by atoms with Gasteiger partial charge in [-0.3, -0.25) is 28.8 Å². The average Bonchev–Trinajstić information content (AvgIpc) is 3.54. The Labute approximate surface area is 357 Å². The first-order valence-electron chi connectivity index (χ1n) is 21.3. The Kier molecular flexibility index (Phi) is 13.0. The van der Waals surface area contributed by atoms with E-state index < -0.39 is 83.6 Å². The molecule has 1 spiro atoms. The second-order valence-corrected chi connectivity index (χ2v) is 17.3. The number of halogens is 2. The van der Waals surface area contributed by atoms with Gasteiger partial charge >= 0.3 is 6.03 Å². The molecule has 0 bridgehead atoms. The van der Waals surface area contributed by atoms with Crippen molar-refractivity contribution < 1.29 is 47.4 Å². The molecule has 4 aliphatic rings. The van der Waals surface area contributed by atoms with E-state index in [0.29, 0.717) is 63.2 Å². The summed E-state index contributed by atoms with van der Waals surface area (Å²) in [5.41, 5.74) is 0.475. The summed E-state index contributed by atoms with van der Waals surface area (Å²) in [4.78, 5) is 99.8. The van der Waals surface area contributed by atoms with Crippen LogP contribution in [0.25, 0.3) is 10.9 Å². The number of carbonyl (C=O) groups is 7. The second kappa shape index (κ2) is 18.2. The molecule has 7 amide bonds. The molecule has 1 aliphatic carbocycles. The Morgan fingerprint density at radius 2 is 1.53 bits per heavy atom. The van der Waals surface area contributed by atoms with Gasteiger partial charge in [-0.15, -0.1) is 0 Å². The minimum absolute atomic E-state index is 0.0181. The summed E-state index contributed by atoms with van der Waals surface area (Å²) >= 11 is 0. The van der Waals surface area contributed by atoms with E-state index in [1.165, 1.54) is 9.80 Å². The molecule has 7 rings (SSSR count). The summed E-state index contributed by atoms with van der Waals surface area (Å²) in [6.07, 6.45) is 5.32. The highest BCUT2D eigenvalue weighted by Crippen LogP contribution is 2.48. The number of nitrogens with one attached hydrogen (secondary N) is 4. The van der Waals surface area contributed by atoms with Crippen LogP contribution >= 0.6 is 0 Å². The molecule has 18 heteroatoms. The van der Waals surface area contributed by atoms with Gasteiger partial charge in [-0.25, -0.2) is 13.6 Å². The van der Waals surface area contributed by atoms with Gasteiger partial charge in [0.15, 0.2) is 5.78 Å². The van der Waals surface area contributed by atoms with E-state index >= 15 is 0 Å². The van der Waals surface area contributed by atoms with Crippen LogP contribution in [0.15, 0.2) is 48.7 Å². The Morgan fingerprint density at radius 1 is 0.855 bits per heavy atom. The van der Waals surface area contributed by atoms with Gasteiger partial charge in [-0.05, 0) is 99.1 Å². The van der Waals surface area contributed by atoms with Gasteiger partial charge < -0.3 is 45.6 Å². The molecule has 16 nitrogen and oxygen atoms in total. The Hall–Kier alpha value is -5.91. The first kappa shape index (κ1) is 44.2. The summed E-state index contributed by atoms with van der Waals surface area (Å²) in [7, 11) is 1.84. The van der Waals surface area contributed by atoms with Gasteiger partial charge in [0, 0.05) is 63.0 Å². The van der Waals surface area contributed by atoms with E-state index in [9.17, 15) is 47.4 Å². The lowest BCUT2D eigenvalue weighted by atomic mass is 9.95. The van der Waals surface area contributed by atoms with E-state index in [0.717, 1.165) is 23.0 Å². The van der Waals surface area contributed by atoms with Crippen LogP contribution in [0, 0.1) is 17.6 Å². The molecular formula is C44H54F2N8O8. The van der Waals surface area contributed by atoms with E-state index in [1.807, 2.05) is 30.8 Å². The highest BCUT2D eigenvalue weighted by atomic mass is 19.1. The van der Waals surface area contributed by atoms with Gasteiger partial charge in [0.25, 0.3) is 0 Å². The fourth-order valence-corrected chi connectivity index (χ4v) is 9.41. The van der Waals surface area contributed by atoms with Crippen LogP contribution in [0.1, 0.15) is 70.8 Å². The number of aryl methyl sites for hydroxylation is 1. The van der Waals surface area contributed by atoms with Gasteiger partial charge in [0.05, 0.1) is 6.61 Å². The van der Waals surface area contributed by atoms with E-state index in [1.54, 1.807) is 30.0 Å². The number of amides is 7. The summed E-state index contributed by atoms with van der Waals surface area (Å²) in [5, 5.41) is 21.9. The number of hydrogen-bond donors (Lipinski definition) is 5. The van der Waals surface area contributed by atoms with Crippen molar-refractivity contribution in [2.45, 2.75) is 107 Å². The lowest BCUT2D eigenvalue weighted by Gasteiger charge is -2.42. The number of Topliss-reactive ketones (excluding diaryl/α,β-unsaturated/α-hetero) is 1. The second-order valence-electron chi connectivity index (χ2n) is 17.3. The maximum Gasteiger partial charge on any atom is 0.319 e. The zero-order valence-corrected chi connectivity index (χ0v) is 35.1. The van der Waals surface area contributed by atoms with Gasteiger partial charge in [0.1, 0.15) is 47.4 Å². The summed E-state index contributed by atoms with van der Waals surface area (Å²) in [5.74, 6) is -4.69. The topological polar surface area (TPSA) is 202 Å². The van der Waals surface area contributed by atoms with Crippen molar-refractivity contribution in [2.24, 2.45) is 13.0 Å². The van der Waals surface area contributed by atoms with E-state index in [2.05, 4.69) is 21.3 Å². The maximum atomic E-state index is 14.4. The SMILES string of the molecule is C[C@H]1CN(C(=O)[C@H](C)NC(=O)[C@@H]2CCCCN2C(=O)[C@@H]2CCCCN2C(=O)[C@H](CO)NC(=O)[C@H](Cc2cc(F)cc(F)c2)NC(=O)Nc2ccc3ccn(C)c3c2)C2(CC2=O)C1. The number of piperidine rings is 2. The predicted molar refractivity (Wildman–Crippen MR) is 222 cm³/mol. The van der Waals surface area contributed by atoms with E-state index in [-0.39, 0.29) is 49.1 Å². The Balaban J connectivity index is 1.03. The molecule has 332 valence electrons. The first-order valence-corrected chi connectivity index (χ1v) is 21.3. The maximum absolute atomic E-state index is 14.4. The highest BCUT2D eigenvalue weighted by Gasteiger charge is 2.63. The molecular weight excluding hydrogens is 807 g/mol. The van der Waals surface area contributed by atoms with Crippen molar-refractivity contribution in [3.8, 4) is 0 Å². The van der Waals surface area contributed by atoms with Crippen LogP contribution in [0.3, 0.4) is 0 Å². The fraction of sp³-hybridized carbons (Fsp3) is 0.523. The van der Waals surface area contributed by atoms with Crippen LogP contribution in [-0.4, -0.2) is 128 Å². The summed E-state index contributed by atoms with van der Waals surface area (Å²) in [6.45, 7) is 3.43. The lowest BCUT2D eigenvalue weighted by Crippen LogP contribution is -2.63. The van der Waals surface area contributed by atoms with Crippen LogP contribution < -0.4 is 21.3 Å². The zero-order valence-electron chi connectivity index (χ0n) is 35.1. The number of rotatable bonds is 12. The Bertz CT molecular complexity index is 2250. The normalized spacial score (nSPS) is 23.7. The van der Waals surface area contributed by atoms with Crippen molar-refractivity contribution >= 4 is 57.9 Å². The van der Waals surface area contributed by atoms with Crippen LogP contribution in [0.4, 0.5) is 19.3 Å². The van der Waals surface area contributed by atoms with Crippen molar-refractivity contribution in [3.05, 3.63) is 65.9 Å². The molecule has 62 heavy (non-hydrogen) atoms. The molecule has 5 N–H and O–H groups in total. The number of anilines is 1. The third-order valence-corrected chi connectivity index (χ3v) is 12.6. The number of urea groups is 1. The lowest BCUT2D eigenvalue weighted by molar-refractivity contribution is -0.154. The van der Waals surface area contributed by atoms with Gasteiger partial charge in [0.2, 0.25) is 29.5 Å². The minimum Gasteiger partial charge on any atom is -0.394 e. The Morgan fingerprint density at radius 3 is 2.21 bits per heavy atom. The molecule has 1 aromatic heterocycles. The number of benzene rings is 2. The van der Waals surface area contributed by atoms with Crippen molar-refractivity contribution in [2.75, 3.05) is 31.6 Å². The number of likely N-dealkylation sites (tertiary alicyclic amines) is 3. The molecule has 3 saturated heterocycles. The standard InChI is InChI=1S/C44H54F2N8O8/c1-25-21-44(22-37(44)56)54(23-25)40(59)26(2)47-39(58)34-8-4-6-13-52(34)42(61)35-9-5-7-14-53(35)41(60)33(24-55)49-38(57)32(18-27-16-29(45)19-30(46)17-27)50-43(62)48-31-11-10-28-12-15-51(3)36(28)20-31/h10-12,15-17,19-20,25-26,32-35,55H,4-9,13-14,18,21-24H2,1-3H3,(H,47,58)(H,49,57)(H2,48,50,62)/t25-,26+,32+,33+,34+,35+,44?/m1/s1. The highest BCUT2D eigenvalue weighted by molar-refractivity contribution is 6.09. The molecule has 0 radical (unpaired) electrons. The fourth-order valence-electron chi connectivity index (χ4n) is 9.41. The molecule has 7 atom stereocenters. The smallest absolute Gasteiger partial charge is 0.319 e. The first-order chi connectivity index (χ1) is 29.6. The summed E-state index contributed by atoms with van der Waals surface area (Å²) in [6, 6.07) is 3.00. The van der Waals surface area contributed by atoms with Gasteiger partial charge in [-0.2, -0.15) is 0 Å². The number of aliphatic hydroxyl groups excluding tert-OH is 1. The minimum atomic E-state index is -1.57. The molecule has 1 unspecified atom stereocenters. The molecule has 4 fully saturated rings. The van der Waals surface area contributed by atoms with Crippen LogP contribution in [0.2, 0.25) is 0 Å². The van der Waals surface area contributed by atoms with Crippen molar-refractivity contribution in [3.63, 3.8) is 0 Å². The largest absolute Gasteiger partial charge is 0.394 e. The molecule has 3 aliphatic heterocycles. The molecule has 2 aromatic carbocycles. The average molecular weight is 861 g/mol. The van der Waals surface area contributed by atoms with Crippen LogP contribution in [-0.2, 0) is 42.2 Å². The predicted octanol–water partition coefficient (Wildman–Crippen LogP) is 2.51. The number of aliphatic hydroxyl groups is 1. The number of aromatic nitrogens is 1. The van der Waals surface area contributed by atoms with E-state index in [4.69, 9.17) is 0 Å². The number of nitrogens with zero attached hydrogens (tertiary/aromatic N) is 4. The third kappa shape index (κ3) is 9.29. The van der Waals surface area contributed by atoms with Crippen LogP contribution in [0.5, 0.6) is 0 Å². The quantitative estimate of drug-likeness (QED) is 0.183. The number of hydrogen-bond acceptors (Lipinski definition) is 8. The number of fused-ring (bicyclic) bond motifs is 1. The van der Waals surface area contributed by atoms with Crippen molar-refractivity contribution in [1.29, 1.82) is 0 Å².